The minimum absolute atomic E-state index is 0.382. The highest BCUT2D eigenvalue weighted by molar-refractivity contribution is 5.74. The molecule has 138 valence electrons. The Bertz CT molecular complexity index is 1030. The third-order valence-electron chi connectivity index (χ3n) is 4.35. The number of pyridine rings is 1. The molecular formula is C20H21N5O2. The number of hydrogen-bond donors (Lipinski definition) is 1. The molecule has 3 aromatic heterocycles. The molecule has 7 heteroatoms. The molecule has 7 nitrogen and oxygen atoms in total. The number of imidazole rings is 1. The van der Waals surface area contributed by atoms with E-state index in [4.69, 9.17) is 9.26 Å². The van der Waals surface area contributed by atoms with Crippen molar-refractivity contribution in [1.29, 1.82) is 0 Å². The second kappa shape index (κ2) is 6.83. The molecule has 0 unspecified atom stereocenters. The average molecular weight is 363 g/mol. The Morgan fingerprint density at radius 3 is 2.78 bits per heavy atom. The van der Waals surface area contributed by atoms with Gasteiger partial charge in [-0.3, -0.25) is 0 Å². The summed E-state index contributed by atoms with van der Waals surface area (Å²) in [6, 6.07) is 11.7. The van der Waals surface area contributed by atoms with Crippen molar-refractivity contribution in [3.63, 3.8) is 0 Å². The van der Waals surface area contributed by atoms with Gasteiger partial charge in [-0.15, -0.1) is 0 Å². The molecule has 0 aliphatic carbocycles. The molecule has 0 aliphatic heterocycles. The first kappa shape index (κ1) is 17.2. The summed E-state index contributed by atoms with van der Waals surface area (Å²) >= 11 is 0. The van der Waals surface area contributed by atoms with Crippen LogP contribution in [0.1, 0.15) is 32.5 Å². The summed E-state index contributed by atoms with van der Waals surface area (Å²) in [4.78, 5) is 16.9. The first-order chi connectivity index (χ1) is 13.1. The molecule has 0 amide bonds. The van der Waals surface area contributed by atoms with E-state index in [0.29, 0.717) is 36.2 Å². The van der Waals surface area contributed by atoms with Crippen molar-refractivity contribution in [3.05, 3.63) is 54.3 Å². The Morgan fingerprint density at radius 1 is 1.11 bits per heavy atom. The summed E-state index contributed by atoms with van der Waals surface area (Å²) in [5.74, 6) is 2.41. The number of rotatable bonds is 6. The molecule has 0 fully saturated rings. The third-order valence-corrected chi connectivity index (χ3v) is 4.35. The molecule has 3 heterocycles. The van der Waals surface area contributed by atoms with E-state index in [1.165, 1.54) is 0 Å². The van der Waals surface area contributed by atoms with Crippen molar-refractivity contribution >= 4 is 11.0 Å². The Labute approximate surface area is 156 Å². The molecule has 0 bridgehead atoms. The Morgan fingerprint density at radius 2 is 1.96 bits per heavy atom. The van der Waals surface area contributed by atoms with E-state index in [-0.39, 0.29) is 5.41 Å². The van der Waals surface area contributed by atoms with Crippen LogP contribution in [0.3, 0.4) is 0 Å². The number of hydrogen-bond acceptors (Lipinski definition) is 6. The Kier molecular flexibility index (Phi) is 4.35. The summed E-state index contributed by atoms with van der Waals surface area (Å²) < 4.78 is 11.1. The Balaban J connectivity index is 1.61. The standard InChI is InChI=1S/C20H21N5O2/c1-4-26-18-13(8-7-11-21-18)17-24-19(27-25-17)20(2,3)12-16-22-14-9-5-6-10-15(14)23-16/h5-11H,4,12H2,1-3H3,(H,22,23). The maximum atomic E-state index is 5.58. The number of aromatic nitrogens is 5. The normalized spacial score (nSPS) is 11.8. The number of H-pyrrole nitrogens is 1. The minimum Gasteiger partial charge on any atom is -0.477 e. The van der Waals surface area contributed by atoms with Crippen LogP contribution in [0.5, 0.6) is 5.88 Å². The van der Waals surface area contributed by atoms with Gasteiger partial charge in [0.05, 0.1) is 28.6 Å². The molecule has 4 aromatic rings. The summed E-state index contributed by atoms with van der Waals surface area (Å²) in [6.07, 6.45) is 2.33. The van der Waals surface area contributed by atoms with E-state index in [1.54, 1.807) is 6.20 Å². The van der Waals surface area contributed by atoms with Gasteiger partial charge in [0, 0.05) is 12.6 Å². The molecule has 1 N–H and O–H groups in total. The SMILES string of the molecule is CCOc1ncccc1-c1noc(C(C)(C)Cc2nc3ccccc3[nH]2)n1. The molecule has 4 rings (SSSR count). The van der Waals surface area contributed by atoms with Crippen LogP contribution in [0.2, 0.25) is 0 Å². The van der Waals surface area contributed by atoms with Crippen molar-refractivity contribution in [3.8, 4) is 17.3 Å². The zero-order chi connectivity index (χ0) is 18.9. The van der Waals surface area contributed by atoms with Gasteiger partial charge in [-0.1, -0.05) is 31.1 Å². The van der Waals surface area contributed by atoms with Gasteiger partial charge in [0.15, 0.2) is 0 Å². The van der Waals surface area contributed by atoms with E-state index in [1.807, 2.05) is 43.3 Å². The zero-order valence-electron chi connectivity index (χ0n) is 15.6. The molecule has 0 saturated carbocycles. The molecule has 0 aliphatic rings. The van der Waals surface area contributed by atoms with Crippen LogP contribution < -0.4 is 4.74 Å². The van der Waals surface area contributed by atoms with Gasteiger partial charge in [0.2, 0.25) is 17.6 Å². The van der Waals surface area contributed by atoms with Gasteiger partial charge < -0.3 is 14.2 Å². The zero-order valence-corrected chi connectivity index (χ0v) is 15.6. The third kappa shape index (κ3) is 3.40. The largest absolute Gasteiger partial charge is 0.477 e. The number of aromatic amines is 1. The lowest BCUT2D eigenvalue weighted by molar-refractivity contribution is 0.303. The molecular weight excluding hydrogens is 342 g/mol. The number of para-hydroxylation sites is 2. The van der Waals surface area contributed by atoms with Crippen molar-refractivity contribution in [2.45, 2.75) is 32.6 Å². The highest BCUT2D eigenvalue weighted by atomic mass is 16.5. The van der Waals surface area contributed by atoms with Crippen molar-refractivity contribution in [2.24, 2.45) is 0 Å². The average Bonchev–Trinajstić information content (AvgIpc) is 3.29. The lowest BCUT2D eigenvalue weighted by Crippen LogP contribution is -2.21. The molecule has 0 radical (unpaired) electrons. The van der Waals surface area contributed by atoms with Crippen LogP contribution in [0.4, 0.5) is 0 Å². The lowest BCUT2D eigenvalue weighted by atomic mass is 9.89. The summed E-state index contributed by atoms with van der Waals surface area (Å²) in [5, 5.41) is 4.14. The molecule has 0 spiro atoms. The van der Waals surface area contributed by atoms with Crippen molar-refractivity contribution in [2.75, 3.05) is 6.61 Å². The number of fused-ring (bicyclic) bond motifs is 1. The molecule has 1 aromatic carbocycles. The van der Waals surface area contributed by atoms with E-state index < -0.39 is 0 Å². The van der Waals surface area contributed by atoms with Crippen LogP contribution in [0.25, 0.3) is 22.4 Å². The van der Waals surface area contributed by atoms with Gasteiger partial charge in [-0.05, 0) is 31.2 Å². The second-order valence-electron chi connectivity index (χ2n) is 6.97. The first-order valence-corrected chi connectivity index (χ1v) is 8.93. The maximum Gasteiger partial charge on any atom is 0.233 e. The number of nitrogens with one attached hydrogen (secondary N) is 1. The highest BCUT2D eigenvalue weighted by Crippen LogP contribution is 2.30. The van der Waals surface area contributed by atoms with Gasteiger partial charge in [0.1, 0.15) is 5.82 Å². The van der Waals surface area contributed by atoms with E-state index in [9.17, 15) is 0 Å². The fourth-order valence-corrected chi connectivity index (χ4v) is 3.00. The van der Waals surface area contributed by atoms with Crippen LogP contribution >= 0.6 is 0 Å². The summed E-state index contributed by atoms with van der Waals surface area (Å²) in [6.45, 7) is 6.55. The van der Waals surface area contributed by atoms with Crippen LogP contribution in [-0.2, 0) is 11.8 Å². The van der Waals surface area contributed by atoms with Crippen LogP contribution in [-0.4, -0.2) is 31.7 Å². The topological polar surface area (TPSA) is 89.7 Å². The van der Waals surface area contributed by atoms with Crippen LogP contribution in [0, 0.1) is 0 Å². The van der Waals surface area contributed by atoms with E-state index in [0.717, 1.165) is 16.9 Å². The maximum absolute atomic E-state index is 5.58. The van der Waals surface area contributed by atoms with Gasteiger partial charge in [0.25, 0.3) is 0 Å². The van der Waals surface area contributed by atoms with Crippen molar-refractivity contribution in [1.82, 2.24) is 25.1 Å². The van der Waals surface area contributed by atoms with Gasteiger partial charge in [-0.25, -0.2) is 9.97 Å². The first-order valence-electron chi connectivity index (χ1n) is 8.93. The fourth-order valence-electron chi connectivity index (χ4n) is 3.00. The Hall–Kier alpha value is -3.22. The predicted molar refractivity (Wildman–Crippen MR) is 102 cm³/mol. The van der Waals surface area contributed by atoms with Gasteiger partial charge >= 0.3 is 0 Å². The molecule has 27 heavy (non-hydrogen) atoms. The summed E-state index contributed by atoms with van der Waals surface area (Å²) in [5.41, 5.74) is 2.30. The quantitative estimate of drug-likeness (QED) is 0.558. The van der Waals surface area contributed by atoms with Gasteiger partial charge in [-0.2, -0.15) is 4.98 Å². The van der Waals surface area contributed by atoms with E-state index >= 15 is 0 Å². The summed E-state index contributed by atoms with van der Waals surface area (Å²) in [7, 11) is 0. The highest BCUT2D eigenvalue weighted by Gasteiger charge is 2.30. The predicted octanol–water partition coefficient (Wildman–Crippen LogP) is 3.93. The monoisotopic (exact) mass is 363 g/mol. The molecule has 0 saturated heterocycles. The number of ether oxygens (including phenoxy) is 1. The van der Waals surface area contributed by atoms with Crippen LogP contribution in [0.15, 0.2) is 47.1 Å². The fraction of sp³-hybridized carbons (Fsp3) is 0.300. The number of benzene rings is 1. The molecule has 0 atom stereocenters. The van der Waals surface area contributed by atoms with Crippen molar-refractivity contribution < 1.29 is 9.26 Å². The lowest BCUT2D eigenvalue weighted by Gasteiger charge is -2.17. The van der Waals surface area contributed by atoms with E-state index in [2.05, 4.69) is 38.9 Å². The second-order valence-corrected chi connectivity index (χ2v) is 6.97. The smallest absolute Gasteiger partial charge is 0.233 e. The number of nitrogens with zero attached hydrogens (tertiary/aromatic N) is 4. The minimum atomic E-state index is -0.382.